The first-order valence-electron chi connectivity index (χ1n) is 5.03. The van der Waals surface area contributed by atoms with Gasteiger partial charge >= 0.3 is 0 Å². The van der Waals surface area contributed by atoms with Crippen LogP contribution in [0.2, 0.25) is 0 Å². The fraction of sp³-hybridized carbons (Fsp3) is 0.231. The van der Waals surface area contributed by atoms with Crippen molar-refractivity contribution in [2.45, 2.75) is 19.8 Å². The van der Waals surface area contributed by atoms with Crippen LogP contribution in [0.1, 0.15) is 18.9 Å². The monoisotopic (exact) mass is 186 g/mol. The molecule has 0 aliphatic heterocycles. The first-order chi connectivity index (χ1) is 6.90. The summed E-state index contributed by atoms with van der Waals surface area (Å²) in [6.07, 6.45) is 4.03. The summed E-state index contributed by atoms with van der Waals surface area (Å²) in [6, 6.07) is 12.4. The van der Waals surface area contributed by atoms with Crippen molar-refractivity contribution in [2.75, 3.05) is 0 Å². The molecule has 0 aliphatic carbocycles. The maximum absolute atomic E-state index is 5.35. The van der Waals surface area contributed by atoms with Gasteiger partial charge < -0.3 is 4.42 Å². The van der Waals surface area contributed by atoms with E-state index in [9.17, 15) is 0 Å². The molecule has 2 aromatic rings. The molecular formula is C13H14O. The number of benzene rings is 1. The summed E-state index contributed by atoms with van der Waals surface area (Å²) in [5.74, 6) is 0.947. The highest BCUT2D eigenvalue weighted by molar-refractivity contribution is 5.58. The quantitative estimate of drug-likeness (QED) is 0.708. The Morgan fingerprint density at radius 1 is 1.14 bits per heavy atom. The lowest BCUT2D eigenvalue weighted by Crippen LogP contribution is -1.83. The van der Waals surface area contributed by atoms with Gasteiger partial charge in [0.1, 0.15) is 5.76 Å². The summed E-state index contributed by atoms with van der Waals surface area (Å²) in [6.45, 7) is 2.19. The van der Waals surface area contributed by atoms with Gasteiger partial charge in [-0.05, 0) is 30.2 Å². The van der Waals surface area contributed by atoms with Crippen molar-refractivity contribution in [1.29, 1.82) is 0 Å². The van der Waals surface area contributed by atoms with E-state index in [0.717, 1.165) is 12.2 Å². The number of hydrogen-bond acceptors (Lipinski definition) is 1. The lowest BCUT2D eigenvalue weighted by Gasteiger charge is -2.01. The van der Waals surface area contributed by atoms with Gasteiger partial charge in [-0.15, -0.1) is 0 Å². The molecule has 2 rings (SSSR count). The molecule has 14 heavy (non-hydrogen) atoms. The molecule has 1 heteroatoms. The van der Waals surface area contributed by atoms with Crippen molar-refractivity contribution in [3.05, 3.63) is 48.2 Å². The van der Waals surface area contributed by atoms with Crippen LogP contribution >= 0.6 is 0 Å². The van der Waals surface area contributed by atoms with Crippen LogP contribution in [0.3, 0.4) is 0 Å². The van der Waals surface area contributed by atoms with Gasteiger partial charge in [0, 0.05) is 5.56 Å². The normalized spacial score (nSPS) is 10.4. The molecule has 0 atom stereocenters. The van der Waals surface area contributed by atoms with E-state index in [0.29, 0.717) is 0 Å². The second-order valence-corrected chi connectivity index (χ2v) is 3.43. The van der Waals surface area contributed by atoms with E-state index >= 15 is 0 Å². The van der Waals surface area contributed by atoms with Crippen molar-refractivity contribution in [1.82, 2.24) is 0 Å². The fourth-order valence-corrected chi connectivity index (χ4v) is 1.61. The van der Waals surface area contributed by atoms with E-state index in [1.807, 2.05) is 12.1 Å². The lowest BCUT2D eigenvalue weighted by molar-refractivity contribution is 0.582. The smallest absolute Gasteiger partial charge is 0.133 e. The molecule has 0 bridgehead atoms. The molecule has 0 unspecified atom stereocenters. The van der Waals surface area contributed by atoms with Crippen molar-refractivity contribution < 1.29 is 4.42 Å². The minimum Gasteiger partial charge on any atom is -0.464 e. The Kier molecular flexibility index (Phi) is 2.68. The van der Waals surface area contributed by atoms with E-state index in [-0.39, 0.29) is 0 Å². The number of aryl methyl sites for hydroxylation is 1. The van der Waals surface area contributed by atoms with Crippen LogP contribution in [0.25, 0.3) is 11.3 Å². The second-order valence-electron chi connectivity index (χ2n) is 3.43. The van der Waals surface area contributed by atoms with E-state index in [1.54, 1.807) is 6.26 Å². The minimum atomic E-state index is 0.947. The average Bonchev–Trinajstić information content (AvgIpc) is 2.71. The van der Waals surface area contributed by atoms with Gasteiger partial charge in [-0.2, -0.15) is 0 Å². The van der Waals surface area contributed by atoms with Crippen molar-refractivity contribution in [3.63, 3.8) is 0 Å². The second kappa shape index (κ2) is 4.14. The molecule has 0 saturated heterocycles. The molecule has 1 aromatic heterocycles. The lowest BCUT2D eigenvalue weighted by atomic mass is 10.1. The highest BCUT2D eigenvalue weighted by Gasteiger charge is 2.00. The van der Waals surface area contributed by atoms with Gasteiger partial charge in [0.15, 0.2) is 0 Å². The van der Waals surface area contributed by atoms with Crippen LogP contribution in [-0.2, 0) is 6.42 Å². The minimum absolute atomic E-state index is 0.947. The zero-order valence-electron chi connectivity index (χ0n) is 8.36. The van der Waals surface area contributed by atoms with Crippen LogP contribution < -0.4 is 0 Å². The zero-order chi connectivity index (χ0) is 9.80. The molecule has 0 spiro atoms. The highest BCUT2D eigenvalue weighted by Crippen LogP contribution is 2.21. The molecule has 0 saturated carbocycles. The van der Waals surface area contributed by atoms with Crippen LogP contribution in [0.4, 0.5) is 0 Å². The Morgan fingerprint density at radius 2 is 2.07 bits per heavy atom. The molecule has 0 radical (unpaired) electrons. The highest BCUT2D eigenvalue weighted by atomic mass is 16.3. The predicted octanol–water partition coefficient (Wildman–Crippen LogP) is 3.90. The van der Waals surface area contributed by atoms with Gasteiger partial charge in [0.2, 0.25) is 0 Å². The summed E-state index contributed by atoms with van der Waals surface area (Å²) in [5.41, 5.74) is 2.54. The topological polar surface area (TPSA) is 13.1 Å². The first kappa shape index (κ1) is 9.07. The van der Waals surface area contributed by atoms with Gasteiger partial charge in [-0.3, -0.25) is 0 Å². The third-order valence-electron chi connectivity index (χ3n) is 2.27. The molecule has 1 aromatic carbocycles. The van der Waals surface area contributed by atoms with E-state index < -0.39 is 0 Å². The zero-order valence-corrected chi connectivity index (χ0v) is 8.36. The molecule has 0 fully saturated rings. The van der Waals surface area contributed by atoms with Crippen LogP contribution in [0.5, 0.6) is 0 Å². The third kappa shape index (κ3) is 1.87. The Morgan fingerprint density at radius 3 is 2.79 bits per heavy atom. The summed E-state index contributed by atoms with van der Waals surface area (Å²) < 4.78 is 5.35. The summed E-state index contributed by atoms with van der Waals surface area (Å²) >= 11 is 0. The Bertz CT molecular complexity index is 387. The van der Waals surface area contributed by atoms with Crippen LogP contribution in [0, 0.1) is 0 Å². The summed E-state index contributed by atoms with van der Waals surface area (Å²) in [7, 11) is 0. The fourth-order valence-electron chi connectivity index (χ4n) is 1.61. The van der Waals surface area contributed by atoms with Crippen LogP contribution in [0.15, 0.2) is 47.1 Å². The molecule has 0 N–H and O–H groups in total. The maximum atomic E-state index is 5.35. The third-order valence-corrected chi connectivity index (χ3v) is 2.27. The summed E-state index contributed by atoms with van der Waals surface area (Å²) in [4.78, 5) is 0. The van der Waals surface area contributed by atoms with Crippen molar-refractivity contribution >= 4 is 0 Å². The average molecular weight is 186 g/mol. The maximum Gasteiger partial charge on any atom is 0.133 e. The largest absolute Gasteiger partial charge is 0.464 e. The number of hydrogen-bond donors (Lipinski definition) is 0. The van der Waals surface area contributed by atoms with Crippen molar-refractivity contribution in [3.8, 4) is 11.3 Å². The van der Waals surface area contributed by atoms with Gasteiger partial charge in [-0.25, -0.2) is 0 Å². The molecule has 1 nitrogen and oxygen atoms in total. The van der Waals surface area contributed by atoms with Gasteiger partial charge in [0.05, 0.1) is 6.26 Å². The SMILES string of the molecule is CCCc1cccc(-c2ccco2)c1. The molecule has 0 aliphatic rings. The van der Waals surface area contributed by atoms with Crippen molar-refractivity contribution in [2.24, 2.45) is 0 Å². The Hall–Kier alpha value is -1.50. The number of furan rings is 1. The Labute approximate surface area is 84.4 Å². The molecule has 72 valence electrons. The molecule has 0 amide bonds. The standard InChI is InChI=1S/C13H14O/c1-2-5-11-6-3-7-12(10-11)13-8-4-9-14-13/h3-4,6-10H,2,5H2,1H3. The van der Waals surface area contributed by atoms with Gasteiger partial charge in [0.25, 0.3) is 0 Å². The number of rotatable bonds is 3. The van der Waals surface area contributed by atoms with Gasteiger partial charge in [-0.1, -0.05) is 31.5 Å². The first-order valence-corrected chi connectivity index (χ1v) is 5.03. The van der Waals surface area contributed by atoms with E-state index in [4.69, 9.17) is 4.42 Å². The summed E-state index contributed by atoms with van der Waals surface area (Å²) in [5, 5.41) is 0. The molecule has 1 heterocycles. The van der Waals surface area contributed by atoms with E-state index in [2.05, 4.69) is 31.2 Å². The predicted molar refractivity (Wildman–Crippen MR) is 58.1 cm³/mol. The Balaban J connectivity index is 2.31. The van der Waals surface area contributed by atoms with Crippen LogP contribution in [-0.4, -0.2) is 0 Å². The molecular weight excluding hydrogens is 172 g/mol. The van der Waals surface area contributed by atoms with E-state index in [1.165, 1.54) is 17.5 Å².